The van der Waals surface area contributed by atoms with E-state index < -0.39 is 12.1 Å². The number of amides is 1. The maximum atomic E-state index is 11.5. The molecule has 92 valence electrons. The Bertz CT molecular complexity index is 276. The molecule has 0 aliphatic heterocycles. The highest BCUT2D eigenvalue weighted by Gasteiger charge is 2.31. The van der Waals surface area contributed by atoms with E-state index in [-0.39, 0.29) is 17.3 Å². The maximum Gasteiger partial charge on any atom is 0.408 e. The molecule has 1 N–H and O–H groups in total. The van der Waals surface area contributed by atoms with Gasteiger partial charge in [-0.05, 0) is 31.6 Å². The standard InChI is InChI=1S/C12H21NO3/c1-8(14)10(12(2,3)4)13-11(15)16-9-6-5-7-9/h9-10H,5-7H2,1-4H3,(H,13,15)/t10-/m1/s1. The molecule has 0 unspecified atom stereocenters. The van der Waals surface area contributed by atoms with Gasteiger partial charge >= 0.3 is 6.09 Å². The van der Waals surface area contributed by atoms with Crippen molar-refractivity contribution in [3.05, 3.63) is 0 Å². The van der Waals surface area contributed by atoms with Crippen molar-refractivity contribution in [2.24, 2.45) is 5.41 Å². The summed E-state index contributed by atoms with van der Waals surface area (Å²) in [5.74, 6) is -0.0435. The van der Waals surface area contributed by atoms with Gasteiger partial charge in [0.1, 0.15) is 6.10 Å². The van der Waals surface area contributed by atoms with Crippen LogP contribution in [0.3, 0.4) is 0 Å². The molecule has 0 bridgehead atoms. The lowest BCUT2D eigenvalue weighted by molar-refractivity contribution is -0.121. The van der Waals surface area contributed by atoms with Crippen molar-refractivity contribution in [3.8, 4) is 0 Å². The molecule has 1 fully saturated rings. The van der Waals surface area contributed by atoms with E-state index >= 15 is 0 Å². The summed E-state index contributed by atoms with van der Waals surface area (Å²) < 4.78 is 5.16. The minimum atomic E-state index is -0.486. The number of ketones is 1. The Morgan fingerprint density at radius 1 is 1.31 bits per heavy atom. The zero-order valence-corrected chi connectivity index (χ0v) is 10.5. The van der Waals surface area contributed by atoms with Crippen LogP contribution in [-0.2, 0) is 9.53 Å². The minimum absolute atomic E-state index is 0.0435. The molecule has 1 atom stereocenters. The van der Waals surface area contributed by atoms with Gasteiger partial charge in [-0.25, -0.2) is 4.79 Å². The van der Waals surface area contributed by atoms with Gasteiger partial charge in [-0.3, -0.25) is 4.79 Å². The topological polar surface area (TPSA) is 55.4 Å². The van der Waals surface area contributed by atoms with Gasteiger partial charge < -0.3 is 10.1 Å². The fourth-order valence-electron chi connectivity index (χ4n) is 1.72. The van der Waals surface area contributed by atoms with E-state index in [0.717, 1.165) is 19.3 Å². The SMILES string of the molecule is CC(=O)[C@@H](NC(=O)OC1CCC1)C(C)(C)C. The summed E-state index contributed by atoms with van der Waals surface area (Å²) in [7, 11) is 0. The third-order valence-corrected chi connectivity index (χ3v) is 2.86. The Morgan fingerprint density at radius 3 is 2.19 bits per heavy atom. The Hall–Kier alpha value is -1.06. The van der Waals surface area contributed by atoms with Gasteiger partial charge in [-0.15, -0.1) is 0 Å². The van der Waals surface area contributed by atoms with Crippen molar-refractivity contribution in [1.82, 2.24) is 5.32 Å². The van der Waals surface area contributed by atoms with E-state index in [2.05, 4.69) is 5.32 Å². The fourth-order valence-corrected chi connectivity index (χ4v) is 1.72. The molecular weight excluding hydrogens is 206 g/mol. The van der Waals surface area contributed by atoms with Crippen LogP contribution < -0.4 is 5.32 Å². The van der Waals surface area contributed by atoms with E-state index in [1.807, 2.05) is 20.8 Å². The number of ether oxygens (including phenoxy) is 1. The first-order valence-electron chi connectivity index (χ1n) is 5.78. The molecular formula is C12H21NO3. The van der Waals surface area contributed by atoms with E-state index in [1.165, 1.54) is 6.92 Å². The molecule has 0 radical (unpaired) electrons. The zero-order chi connectivity index (χ0) is 12.3. The second-order valence-electron chi connectivity index (χ2n) is 5.51. The van der Waals surface area contributed by atoms with Crippen LogP contribution in [0.2, 0.25) is 0 Å². The van der Waals surface area contributed by atoms with Gasteiger partial charge in [-0.2, -0.15) is 0 Å². The first-order valence-corrected chi connectivity index (χ1v) is 5.78. The van der Waals surface area contributed by atoms with Crippen LogP contribution in [-0.4, -0.2) is 24.0 Å². The Balaban J connectivity index is 2.47. The van der Waals surface area contributed by atoms with Crippen LogP contribution in [0.5, 0.6) is 0 Å². The highest BCUT2D eigenvalue weighted by molar-refractivity contribution is 5.86. The number of alkyl carbamates (subject to hydrolysis) is 1. The molecule has 0 heterocycles. The average molecular weight is 227 g/mol. The minimum Gasteiger partial charge on any atom is -0.446 e. The molecule has 1 saturated carbocycles. The number of carbonyl (C=O) groups is 2. The molecule has 0 aromatic rings. The number of Topliss-reactive ketones (excluding diaryl/α,β-unsaturated/α-hetero) is 1. The van der Waals surface area contributed by atoms with Gasteiger partial charge in [0.2, 0.25) is 0 Å². The average Bonchev–Trinajstić information content (AvgIpc) is 2.05. The molecule has 0 aromatic carbocycles. The number of rotatable bonds is 3. The molecule has 1 rings (SSSR count). The third-order valence-electron chi connectivity index (χ3n) is 2.86. The molecule has 16 heavy (non-hydrogen) atoms. The van der Waals surface area contributed by atoms with Crippen LogP contribution >= 0.6 is 0 Å². The Morgan fingerprint density at radius 2 is 1.88 bits per heavy atom. The van der Waals surface area contributed by atoms with E-state index in [4.69, 9.17) is 4.74 Å². The molecule has 1 aliphatic rings. The summed E-state index contributed by atoms with van der Waals surface area (Å²) in [6, 6.07) is -0.486. The molecule has 4 heteroatoms. The second-order valence-corrected chi connectivity index (χ2v) is 5.51. The fraction of sp³-hybridized carbons (Fsp3) is 0.833. The monoisotopic (exact) mass is 227 g/mol. The number of hydrogen-bond donors (Lipinski definition) is 1. The van der Waals surface area contributed by atoms with Crippen LogP contribution in [0.4, 0.5) is 4.79 Å². The number of carbonyl (C=O) groups excluding carboxylic acids is 2. The largest absolute Gasteiger partial charge is 0.446 e. The summed E-state index contributed by atoms with van der Waals surface area (Å²) in [6.45, 7) is 7.24. The van der Waals surface area contributed by atoms with Crippen LogP contribution in [0.1, 0.15) is 47.0 Å². The molecule has 1 amide bonds. The molecule has 0 spiro atoms. The second kappa shape index (κ2) is 4.85. The zero-order valence-electron chi connectivity index (χ0n) is 10.5. The van der Waals surface area contributed by atoms with Gasteiger partial charge in [0, 0.05) is 0 Å². The molecule has 4 nitrogen and oxygen atoms in total. The summed E-state index contributed by atoms with van der Waals surface area (Å²) in [5.41, 5.74) is -0.287. The predicted octanol–water partition coefficient (Wildman–Crippen LogP) is 2.27. The Labute approximate surface area is 96.7 Å². The molecule has 1 aliphatic carbocycles. The Kier molecular flexibility index (Phi) is 3.94. The highest BCUT2D eigenvalue weighted by Crippen LogP contribution is 2.23. The van der Waals surface area contributed by atoms with Gasteiger partial charge in [0.25, 0.3) is 0 Å². The third kappa shape index (κ3) is 3.51. The highest BCUT2D eigenvalue weighted by atomic mass is 16.6. The van der Waals surface area contributed by atoms with Crippen LogP contribution in [0.25, 0.3) is 0 Å². The van der Waals surface area contributed by atoms with Crippen LogP contribution in [0.15, 0.2) is 0 Å². The van der Waals surface area contributed by atoms with Crippen LogP contribution in [0, 0.1) is 5.41 Å². The lowest BCUT2D eigenvalue weighted by Gasteiger charge is -2.31. The first-order chi connectivity index (χ1) is 7.30. The van der Waals surface area contributed by atoms with E-state index in [0.29, 0.717) is 0 Å². The van der Waals surface area contributed by atoms with Crippen molar-refractivity contribution < 1.29 is 14.3 Å². The predicted molar refractivity (Wildman–Crippen MR) is 61.2 cm³/mol. The maximum absolute atomic E-state index is 11.5. The lowest BCUT2D eigenvalue weighted by atomic mass is 9.84. The van der Waals surface area contributed by atoms with Gasteiger partial charge in [-0.1, -0.05) is 20.8 Å². The smallest absolute Gasteiger partial charge is 0.408 e. The van der Waals surface area contributed by atoms with Crippen molar-refractivity contribution in [3.63, 3.8) is 0 Å². The summed E-state index contributed by atoms with van der Waals surface area (Å²) in [6.07, 6.45) is 2.57. The quantitative estimate of drug-likeness (QED) is 0.804. The van der Waals surface area contributed by atoms with E-state index in [9.17, 15) is 9.59 Å². The normalized spacial score (nSPS) is 18.5. The van der Waals surface area contributed by atoms with Crippen molar-refractivity contribution in [2.45, 2.75) is 59.1 Å². The van der Waals surface area contributed by atoms with Gasteiger partial charge in [0.15, 0.2) is 5.78 Å². The summed E-state index contributed by atoms with van der Waals surface area (Å²) >= 11 is 0. The lowest BCUT2D eigenvalue weighted by Crippen LogP contribution is -2.49. The summed E-state index contributed by atoms with van der Waals surface area (Å²) in [4.78, 5) is 22.9. The number of nitrogens with one attached hydrogen (secondary N) is 1. The number of hydrogen-bond acceptors (Lipinski definition) is 3. The van der Waals surface area contributed by atoms with Crippen molar-refractivity contribution in [1.29, 1.82) is 0 Å². The van der Waals surface area contributed by atoms with Crippen molar-refractivity contribution in [2.75, 3.05) is 0 Å². The summed E-state index contributed by atoms with van der Waals surface area (Å²) in [5, 5.41) is 2.64. The first kappa shape index (κ1) is 13.0. The molecule has 0 saturated heterocycles. The van der Waals surface area contributed by atoms with Crippen molar-refractivity contribution >= 4 is 11.9 Å². The van der Waals surface area contributed by atoms with E-state index in [1.54, 1.807) is 0 Å². The molecule has 0 aromatic heterocycles. The van der Waals surface area contributed by atoms with Gasteiger partial charge in [0.05, 0.1) is 6.04 Å².